The molecule has 0 saturated heterocycles. The molecule has 1 aliphatic carbocycles. The van der Waals surface area contributed by atoms with E-state index in [-0.39, 0.29) is 5.91 Å². The summed E-state index contributed by atoms with van der Waals surface area (Å²) in [5, 5.41) is 7.65. The van der Waals surface area contributed by atoms with Gasteiger partial charge >= 0.3 is 0 Å². The lowest BCUT2D eigenvalue weighted by molar-refractivity contribution is -0.121. The number of nitrogens with one attached hydrogen (secondary N) is 1. The number of carbonyl (C=O) groups excluding carboxylic acids is 1. The standard InChI is InChI=1S/C17H29N3O/c1-13-16(14(2)20(3)19-13)11-12-17(21)18-15-9-7-5-4-6-8-10-15/h15H,4-12H2,1-3H3,(H,18,21). The lowest BCUT2D eigenvalue weighted by Gasteiger charge is -2.21. The topological polar surface area (TPSA) is 46.9 Å². The van der Waals surface area contributed by atoms with Crippen molar-refractivity contribution in [3.8, 4) is 0 Å². The average molecular weight is 291 g/mol. The third-order valence-electron chi connectivity index (χ3n) is 4.73. The van der Waals surface area contributed by atoms with Crippen LogP contribution < -0.4 is 5.32 Å². The zero-order valence-corrected chi connectivity index (χ0v) is 13.7. The summed E-state index contributed by atoms with van der Waals surface area (Å²) in [5.74, 6) is 0.197. The Bertz CT molecular complexity index is 471. The van der Waals surface area contributed by atoms with Crippen molar-refractivity contribution in [3.63, 3.8) is 0 Å². The second-order valence-electron chi connectivity index (χ2n) is 6.38. The smallest absolute Gasteiger partial charge is 0.220 e. The molecule has 0 spiro atoms. The van der Waals surface area contributed by atoms with E-state index in [1.807, 2.05) is 18.7 Å². The van der Waals surface area contributed by atoms with Crippen LogP contribution in [0.15, 0.2) is 0 Å². The SMILES string of the molecule is Cc1nn(C)c(C)c1CCC(=O)NC1CCCCCCC1. The Labute approximate surface area is 128 Å². The highest BCUT2D eigenvalue weighted by atomic mass is 16.1. The van der Waals surface area contributed by atoms with Gasteiger partial charge in [-0.3, -0.25) is 9.48 Å². The zero-order chi connectivity index (χ0) is 15.2. The van der Waals surface area contributed by atoms with Crippen molar-refractivity contribution in [1.82, 2.24) is 15.1 Å². The Morgan fingerprint density at radius 2 is 1.81 bits per heavy atom. The van der Waals surface area contributed by atoms with E-state index in [0.717, 1.165) is 25.0 Å². The monoisotopic (exact) mass is 291 g/mol. The predicted molar refractivity (Wildman–Crippen MR) is 85.3 cm³/mol. The summed E-state index contributed by atoms with van der Waals surface area (Å²) in [6.45, 7) is 4.09. The van der Waals surface area contributed by atoms with Crippen molar-refractivity contribution >= 4 is 5.91 Å². The van der Waals surface area contributed by atoms with E-state index in [2.05, 4.69) is 17.3 Å². The minimum absolute atomic E-state index is 0.197. The molecule has 0 atom stereocenters. The van der Waals surface area contributed by atoms with Crippen molar-refractivity contribution in [3.05, 3.63) is 17.0 Å². The fraction of sp³-hybridized carbons (Fsp3) is 0.765. The van der Waals surface area contributed by atoms with Crippen LogP contribution in [-0.4, -0.2) is 21.7 Å². The van der Waals surface area contributed by atoms with E-state index in [1.165, 1.54) is 43.4 Å². The van der Waals surface area contributed by atoms with Crippen LogP contribution >= 0.6 is 0 Å². The Morgan fingerprint density at radius 1 is 1.19 bits per heavy atom. The van der Waals surface area contributed by atoms with Gasteiger partial charge in [0.15, 0.2) is 0 Å². The van der Waals surface area contributed by atoms with Gasteiger partial charge in [-0.2, -0.15) is 5.10 Å². The molecule has 1 aromatic heterocycles. The highest BCUT2D eigenvalue weighted by Crippen LogP contribution is 2.18. The van der Waals surface area contributed by atoms with Gasteiger partial charge in [0.2, 0.25) is 5.91 Å². The van der Waals surface area contributed by atoms with Crippen LogP contribution in [0.4, 0.5) is 0 Å². The third-order valence-corrected chi connectivity index (χ3v) is 4.73. The maximum absolute atomic E-state index is 12.2. The highest BCUT2D eigenvalue weighted by molar-refractivity contribution is 5.76. The molecular formula is C17H29N3O. The quantitative estimate of drug-likeness (QED) is 0.926. The van der Waals surface area contributed by atoms with E-state index >= 15 is 0 Å². The number of carbonyl (C=O) groups is 1. The van der Waals surface area contributed by atoms with E-state index in [0.29, 0.717) is 12.5 Å². The van der Waals surface area contributed by atoms with E-state index < -0.39 is 0 Å². The summed E-state index contributed by atoms with van der Waals surface area (Å²) >= 11 is 0. The van der Waals surface area contributed by atoms with Crippen molar-refractivity contribution in [2.75, 3.05) is 0 Å². The predicted octanol–water partition coefficient (Wildman–Crippen LogP) is 3.20. The molecule has 1 N–H and O–H groups in total. The second kappa shape index (κ2) is 7.62. The lowest BCUT2D eigenvalue weighted by atomic mass is 9.96. The number of hydrogen-bond acceptors (Lipinski definition) is 2. The zero-order valence-electron chi connectivity index (χ0n) is 13.7. The van der Waals surface area contributed by atoms with Gasteiger partial charge in [-0.15, -0.1) is 0 Å². The summed E-state index contributed by atoms with van der Waals surface area (Å²) in [7, 11) is 1.96. The van der Waals surface area contributed by atoms with Gasteiger partial charge < -0.3 is 5.32 Å². The van der Waals surface area contributed by atoms with Crippen molar-refractivity contribution in [2.24, 2.45) is 7.05 Å². The molecular weight excluding hydrogens is 262 g/mol. The molecule has 1 fully saturated rings. The van der Waals surface area contributed by atoms with Gasteiger partial charge in [-0.25, -0.2) is 0 Å². The molecule has 1 amide bonds. The van der Waals surface area contributed by atoms with Crippen LogP contribution in [0.25, 0.3) is 0 Å². The van der Waals surface area contributed by atoms with Crippen molar-refractivity contribution in [1.29, 1.82) is 0 Å². The molecule has 4 nitrogen and oxygen atoms in total. The molecule has 4 heteroatoms. The van der Waals surface area contributed by atoms with Crippen LogP contribution in [0.3, 0.4) is 0 Å². The molecule has 118 valence electrons. The third kappa shape index (κ3) is 4.58. The number of aromatic nitrogens is 2. The van der Waals surface area contributed by atoms with Gasteiger partial charge in [0, 0.05) is 25.2 Å². The molecule has 0 aliphatic heterocycles. The van der Waals surface area contributed by atoms with Crippen LogP contribution in [-0.2, 0) is 18.3 Å². The molecule has 0 radical (unpaired) electrons. The number of hydrogen-bond donors (Lipinski definition) is 1. The fourth-order valence-electron chi connectivity index (χ4n) is 3.32. The lowest BCUT2D eigenvalue weighted by Crippen LogP contribution is -2.35. The summed E-state index contributed by atoms with van der Waals surface area (Å²) < 4.78 is 1.90. The summed E-state index contributed by atoms with van der Waals surface area (Å²) in [5.41, 5.74) is 3.45. The summed E-state index contributed by atoms with van der Waals surface area (Å²) in [4.78, 5) is 12.2. The largest absolute Gasteiger partial charge is 0.353 e. The van der Waals surface area contributed by atoms with E-state index in [1.54, 1.807) is 0 Å². The maximum Gasteiger partial charge on any atom is 0.220 e. The highest BCUT2D eigenvalue weighted by Gasteiger charge is 2.15. The Balaban J connectivity index is 1.81. The number of rotatable bonds is 4. The number of amides is 1. The summed E-state index contributed by atoms with van der Waals surface area (Å²) in [6, 6.07) is 0.397. The molecule has 0 bridgehead atoms. The Kier molecular flexibility index (Phi) is 5.83. The van der Waals surface area contributed by atoms with Crippen LogP contribution in [0, 0.1) is 13.8 Å². The second-order valence-corrected chi connectivity index (χ2v) is 6.38. The Hall–Kier alpha value is -1.32. The number of aryl methyl sites for hydroxylation is 2. The molecule has 1 heterocycles. The first kappa shape index (κ1) is 16.1. The molecule has 1 aromatic rings. The fourth-order valence-corrected chi connectivity index (χ4v) is 3.32. The van der Waals surface area contributed by atoms with Crippen LogP contribution in [0.5, 0.6) is 0 Å². The first-order valence-corrected chi connectivity index (χ1v) is 8.36. The summed E-state index contributed by atoms with van der Waals surface area (Å²) in [6.07, 6.45) is 10.2. The van der Waals surface area contributed by atoms with Gasteiger partial charge in [0.1, 0.15) is 0 Å². The van der Waals surface area contributed by atoms with Gasteiger partial charge in [-0.05, 0) is 38.7 Å². The maximum atomic E-state index is 12.2. The van der Waals surface area contributed by atoms with Crippen molar-refractivity contribution < 1.29 is 4.79 Å². The van der Waals surface area contributed by atoms with Gasteiger partial charge in [0.25, 0.3) is 0 Å². The molecule has 1 saturated carbocycles. The molecule has 21 heavy (non-hydrogen) atoms. The van der Waals surface area contributed by atoms with Gasteiger partial charge in [-0.1, -0.05) is 32.1 Å². The van der Waals surface area contributed by atoms with E-state index in [9.17, 15) is 4.79 Å². The molecule has 2 rings (SSSR count). The minimum Gasteiger partial charge on any atom is -0.353 e. The van der Waals surface area contributed by atoms with E-state index in [4.69, 9.17) is 0 Å². The molecule has 0 aromatic carbocycles. The molecule has 0 unspecified atom stereocenters. The minimum atomic E-state index is 0.197. The molecule has 1 aliphatic rings. The van der Waals surface area contributed by atoms with Crippen LogP contribution in [0.1, 0.15) is 68.3 Å². The van der Waals surface area contributed by atoms with Crippen molar-refractivity contribution in [2.45, 2.75) is 77.7 Å². The normalized spacial score (nSPS) is 17.3. The Morgan fingerprint density at radius 3 is 2.38 bits per heavy atom. The number of nitrogens with zero attached hydrogens (tertiary/aromatic N) is 2. The first-order valence-electron chi connectivity index (χ1n) is 8.36. The first-order chi connectivity index (χ1) is 10.1. The van der Waals surface area contributed by atoms with Crippen LogP contribution in [0.2, 0.25) is 0 Å². The van der Waals surface area contributed by atoms with Gasteiger partial charge in [0.05, 0.1) is 5.69 Å². The average Bonchev–Trinajstić information content (AvgIpc) is 2.64.